The van der Waals surface area contributed by atoms with E-state index in [1.165, 1.54) is 6.08 Å². The Bertz CT molecular complexity index is 517. The SMILES string of the molecule is O=C(O)CCS(=O)(=O)/C=C/c1ccc(Cl)cc1. The summed E-state index contributed by atoms with van der Waals surface area (Å²) in [7, 11) is -3.48. The summed E-state index contributed by atoms with van der Waals surface area (Å²) >= 11 is 5.68. The number of hydrogen-bond acceptors (Lipinski definition) is 3. The number of halogens is 1. The minimum Gasteiger partial charge on any atom is -0.481 e. The normalized spacial score (nSPS) is 11.8. The molecule has 6 heteroatoms. The molecule has 0 aliphatic carbocycles. The molecule has 92 valence electrons. The summed E-state index contributed by atoms with van der Waals surface area (Å²) in [5.41, 5.74) is 0.688. The van der Waals surface area contributed by atoms with E-state index in [1.54, 1.807) is 24.3 Å². The first kappa shape index (κ1) is 13.7. The van der Waals surface area contributed by atoms with Crippen LogP contribution in [0.25, 0.3) is 6.08 Å². The first-order valence-corrected chi connectivity index (χ1v) is 6.86. The molecule has 4 nitrogen and oxygen atoms in total. The summed E-state index contributed by atoms with van der Waals surface area (Å²) in [4.78, 5) is 10.3. The van der Waals surface area contributed by atoms with Crippen molar-refractivity contribution < 1.29 is 18.3 Å². The van der Waals surface area contributed by atoms with Crippen LogP contribution in [0.3, 0.4) is 0 Å². The fourth-order valence-corrected chi connectivity index (χ4v) is 2.14. The molecule has 0 aromatic heterocycles. The van der Waals surface area contributed by atoms with Crippen LogP contribution in [0.15, 0.2) is 29.7 Å². The maximum Gasteiger partial charge on any atom is 0.304 e. The minimum atomic E-state index is -3.48. The fourth-order valence-electron chi connectivity index (χ4n) is 1.05. The molecular weight excluding hydrogens is 264 g/mol. The van der Waals surface area contributed by atoms with Crippen molar-refractivity contribution in [2.24, 2.45) is 0 Å². The van der Waals surface area contributed by atoms with E-state index in [-0.39, 0.29) is 0 Å². The quantitative estimate of drug-likeness (QED) is 0.893. The zero-order chi connectivity index (χ0) is 12.9. The van der Waals surface area contributed by atoms with Crippen LogP contribution >= 0.6 is 11.6 Å². The van der Waals surface area contributed by atoms with Crippen molar-refractivity contribution in [2.45, 2.75) is 6.42 Å². The summed E-state index contributed by atoms with van der Waals surface area (Å²) in [5.74, 6) is -1.53. The molecule has 0 spiro atoms. The van der Waals surface area contributed by atoms with Crippen LogP contribution in [0.2, 0.25) is 5.02 Å². The summed E-state index contributed by atoms with van der Waals surface area (Å²) < 4.78 is 22.8. The summed E-state index contributed by atoms with van der Waals surface area (Å²) in [6.45, 7) is 0. The molecule has 0 saturated carbocycles. The lowest BCUT2D eigenvalue weighted by Gasteiger charge is -1.96. The molecule has 0 unspecified atom stereocenters. The van der Waals surface area contributed by atoms with Gasteiger partial charge in [0.1, 0.15) is 0 Å². The van der Waals surface area contributed by atoms with Crippen molar-refractivity contribution in [1.29, 1.82) is 0 Å². The van der Waals surface area contributed by atoms with Gasteiger partial charge < -0.3 is 5.11 Å². The molecule has 1 aromatic carbocycles. The van der Waals surface area contributed by atoms with E-state index in [0.717, 1.165) is 5.41 Å². The standard InChI is InChI=1S/C11H11ClO4S/c12-10-3-1-9(2-4-10)5-7-17(15,16)8-6-11(13)14/h1-5,7H,6,8H2,(H,13,14)/b7-5+. The highest BCUT2D eigenvalue weighted by atomic mass is 35.5. The second kappa shape index (κ2) is 5.84. The lowest BCUT2D eigenvalue weighted by molar-refractivity contribution is -0.136. The van der Waals surface area contributed by atoms with Crippen LogP contribution in [0.1, 0.15) is 12.0 Å². The van der Waals surface area contributed by atoms with Gasteiger partial charge in [-0.25, -0.2) is 8.42 Å². The fraction of sp³-hybridized carbons (Fsp3) is 0.182. The van der Waals surface area contributed by atoms with Crippen molar-refractivity contribution in [3.05, 3.63) is 40.3 Å². The van der Waals surface area contributed by atoms with Crippen LogP contribution in [0.5, 0.6) is 0 Å². The molecule has 0 bridgehead atoms. The van der Waals surface area contributed by atoms with Gasteiger partial charge in [-0.15, -0.1) is 0 Å². The average Bonchev–Trinajstić information content (AvgIpc) is 2.26. The number of rotatable bonds is 5. The van der Waals surface area contributed by atoms with Crippen molar-refractivity contribution in [3.8, 4) is 0 Å². The first-order chi connectivity index (χ1) is 7.89. The van der Waals surface area contributed by atoms with Crippen LogP contribution in [0, 0.1) is 0 Å². The molecular formula is C11H11ClO4S. The molecule has 0 atom stereocenters. The molecule has 0 fully saturated rings. The molecule has 0 aliphatic rings. The maximum absolute atomic E-state index is 11.4. The number of sulfone groups is 1. The van der Waals surface area contributed by atoms with Crippen LogP contribution in [-0.4, -0.2) is 25.2 Å². The zero-order valence-corrected chi connectivity index (χ0v) is 10.4. The van der Waals surface area contributed by atoms with Gasteiger partial charge in [0.2, 0.25) is 0 Å². The third-order valence-corrected chi connectivity index (χ3v) is 3.51. The second-order valence-corrected chi connectivity index (χ2v) is 5.81. The van der Waals surface area contributed by atoms with Gasteiger partial charge in [-0.2, -0.15) is 0 Å². The molecule has 1 N–H and O–H groups in total. The highest BCUT2D eigenvalue weighted by Gasteiger charge is 2.08. The largest absolute Gasteiger partial charge is 0.481 e. The second-order valence-electron chi connectivity index (χ2n) is 3.37. The van der Waals surface area contributed by atoms with Gasteiger partial charge in [-0.1, -0.05) is 23.7 Å². The molecule has 17 heavy (non-hydrogen) atoms. The number of hydrogen-bond donors (Lipinski definition) is 1. The van der Waals surface area contributed by atoms with Gasteiger partial charge in [0.05, 0.1) is 12.2 Å². The van der Waals surface area contributed by atoms with E-state index in [2.05, 4.69) is 0 Å². The zero-order valence-electron chi connectivity index (χ0n) is 8.84. The molecule has 0 aliphatic heterocycles. The number of carboxylic acid groups (broad SMARTS) is 1. The Morgan fingerprint density at radius 2 is 1.88 bits per heavy atom. The molecule has 0 amide bonds. The Balaban J connectivity index is 2.70. The van der Waals surface area contributed by atoms with E-state index in [0.29, 0.717) is 10.6 Å². The van der Waals surface area contributed by atoms with E-state index in [9.17, 15) is 13.2 Å². The van der Waals surface area contributed by atoms with E-state index in [4.69, 9.17) is 16.7 Å². The van der Waals surface area contributed by atoms with Gasteiger partial charge in [-0.3, -0.25) is 4.79 Å². The van der Waals surface area contributed by atoms with Crippen molar-refractivity contribution in [3.63, 3.8) is 0 Å². The minimum absolute atomic E-state index is 0.396. The van der Waals surface area contributed by atoms with Gasteiger partial charge in [0.15, 0.2) is 9.84 Å². The lowest BCUT2D eigenvalue weighted by Crippen LogP contribution is -2.07. The van der Waals surface area contributed by atoms with Gasteiger partial charge in [0, 0.05) is 10.4 Å². The molecule has 0 radical (unpaired) electrons. The topological polar surface area (TPSA) is 71.4 Å². The Labute approximate surface area is 104 Å². The average molecular weight is 275 g/mol. The van der Waals surface area contributed by atoms with Crippen molar-refractivity contribution in [1.82, 2.24) is 0 Å². The van der Waals surface area contributed by atoms with Crippen molar-refractivity contribution in [2.75, 3.05) is 5.75 Å². The third-order valence-electron chi connectivity index (χ3n) is 1.94. The molecule has 0 heterocycles. The smallest absolute Gasteiger partial charge is 0.304 e. The summed E-state index contributed by atoms with van der Waals surface area (Å²) in [5, 5.41) is 9.97. The number of aliphatic carboxylic acids is 1. The third kappa shape index (κ3) is 5.51. The van der Waals surface area contributed by atoms with Gasteiger partial charge in [-0.05, 0) is 23.8 Å². The van der Waals surface area contributed by atoms with Crippen molar-refractivity contribution >= 4 is 33.5 Å². The Kier molecular flexibility index (Phi) is 4.72. The number of carboxylic acids is 1. The Morgan fingerprint density at radius 3 is 2.41 bits per heavy atom. The summed E-state index contributed by atoms with van der Waals surface area (Å²) in [6, 6.07) is 6.63. The van der Waals surface area contributed by atoms with Crippen LogP contribution in [-0.2, 0) is 14.6 Å². The highest BCUT2D eigenvalue weighted by molar-refractivity contribution is 7.94. The Morgan fingerprint density at radius 1 is 1.29 bits per heavy atom. The lowest BCUT2D eigenvalue weighted by atomic mass is 10.2. The Hall–Kier alpha value is -1.33. The molecule has 1 aromatic rings. The van der Waals surface area contributed by atoms with Crippen LogP contribution < -0.4 is 0 Å². The van der Waals surface area contributed by atoms with E-state index >= 15 is 0 Å². The molecule has 0 saturated heterocycles. The highest BCUT2D eigenvalue weighted by Crippen LogP contribution is 2.11. The predicted octanol–water partition coefficient (Wildman–Crippen LogP) is 2.20. The summed E-state index contributed by atoms with van der Waals surface area (Å²) in [6.07, 6.45) is 1.01. The predicted molar refractivity (Wildman–Crippen MR) is 66.5 cm³/mol. The number of carbonyl (C=O) groups is 1. The van der Waals surface area contributed by atoms with Crippen LogP contribution in [0.4, 0.5) is 0 Å². The van der Waals surface area contributed by atoms with Gasteiger partial charge in [0.25, 0.3) is 0 Å². The van der Waals surface area contributed by atoms with Gasteiger partial charge >= 0.3 is 5.97 Å². The first-order valence-electron chi connectivity index (χ1n) is 4.77. The van der Waals surface area contributed by atoms with E-state index in [1.807, 2.05) is 0 Å². The monoisotopic (exact) mass is 274 g/mol. The maximum atomic E-state index is 11.4. The number of benzene rings is 1. The van der Waals surface area contributed by atoms with E-state index < -0.39 is 28.0 Å². The molecule has 1 rings (SSSR count).